The minimum atomic E-state index is -3.83. The summed E-state index contributed by atoms with van der Waals surface area (Å²) in [5.74, 6) is 0.719. The molecule has 3 aromatic rings. The van der Waals surface area contributed by atoms with E-state index in [4.69, 9.17) is 0 Å². The maximum absolute atomic E-state index is 14.0. The predicted octanol–water partition coefficient (Wildman–Crippen LogP) is 4.19. The number of aromatic nitrogens is 2. The number of halogens is 1. The van der Waals surface area contributed by atoms with Gasteiger partial charge in [-0.3, -0.25) is 0 Å². The zero-order valence-electron chi connectivity index (χ0n) is 15.9. The van der Waals surface area contributed by atoms with Crippen LogP contribution in [0.4, 0.5) is 16.0 Å². The highest BCUT2D eigenvalue weighted by atomic mass is 32.2. The fourth-order valence-electron chi connectivity index (χ4n) is 3.47. The van der Waals surface area contributed by atoms with E-state index in [-0.39, 0.29) is 4.90 Å². The number of aryl methyl sites for hydroxylation is 1. The first kappa shape index (κ1) is 19.5. The number of sulfonamides is 1. The Hall–Kier alpha value is -2.84. The molecule has 1 fully saturated rings. The van der Waals surface area contributed by atoms with E-state index in [0.29, 0.717) is 35.9 Å². The number of hydrogen-bond donors (Lipinski definition) is 1. The molecular weight excluding hydrogens is 391 g/mol. The highest BCUT2D eigenvalue weighted by Crippen LogP contribution is 2.36. The summed E-state index contributed by atoms with van der Waals surface area (Å²) in [7, 11) is -3.83. The smallest absolute Gasteiger partial charge is 0.243 e. The largest absolute Gasteiger partial charge is 0.325 e. The normalized spacial score (nSPS) is 17.4. The number of anilines is 2. The quantitative estimate of drug-likeness (QED) is 0.680. The molecule has 1 aromatic carbocycles. The minimum Gasteiger partial charge on any atom is -0.325 e. The summed E-state index contributed by atoms with van der Waals surface area (Å²) < 4.78 is 41.7. The van der Waals surface area contributed by atoms with E-state index in [1.807, 2.05) is 30.3 Å². The van der Waals surface area contributed by atoms with E-state index in [0.717, 1.165) is 12.5 Å². The maximum Gasteiger partial charge on any atom is 0.243 e. The lowest BCUT2D eigenvalue weighted by Crippen LogP contribution is -2.31. The van der Waals surface area contributed by atoms with Gasteiger partial charge in [-0.2, -0.15) is 4.31 Å². The summed E-state index contributed by atoms with van der Waals surface area (Å²) in [6, 6.07) is 14.6. The monoisotopic (exact) mass is 412 g/mol. The number of rotatable bonds is 5. The molecule has 1 saturated heterocycles. The van der Waals surface area contributed by atoms with Crippen molar-refractivity contribution in [3.8, 4) is 0 Å². The molecule has 0 spiro atoms. The minimum absolute atomic E-state index is 0.0322. The van der Waals surface area contributed by atoms with Crippen LogP contribution < -0.4 is 5.32 Å². The Morgan fingerprint density at radius 3 is 2.69 bits per heavy atom. The summed E-state index contributed by atoms with van der Waals surface area (Å²) in [5, 5.41) is 3.13. The molecule has 1 aliphatic heterocycles. The lowest BCUT2D eigenvalue weighted by molar-refractivity contribution is 0.390. The molecule has 150 valence electrons. The number of nitrogens with one attached hydrogen (secondary N) is 1. The molecule has 6 nitrogen and oxygen atoms in total. The van der Waals surface area contributed by atoms with Crippen molar-refractivity contribution < 1.29 is 12.8 Å². The molecule has 8 heteroatoms. The van der Waals surface area contributed by atoms with Crippen molar-refractivity contribution in [2.75, 3.05) is 11.9 Å². The van der Waals surface area contributed by atoms with Crippen LogP contribution in [0.5, 0.6) is 0 Å². The van der Waals surface area contributed by atoms with Crippen molar-refractivity contribution >= 4 is 21.7 Å². The fraction of sp³-hybridized carbons (Fsp3) is 0.238. The van der Waals surface area contributed by atoms with Crippen molar-refractivity contribution in [2.24, 2.45) is 0 Å². The average Bonchev–Trinajstić information content (AvgIpc) is 3.22. The molecule has 1 unspecified atom stereocenters. The molecule has 1 atom stereocenters. The molecule has 1 N–H and O–H groups in total. The van der Waals surface area contributed by atoms with Crippen LogP contribution in [-0.2, 0) is 10.0 Å². The second-order valence-corrected chi connectivity index (χ2v) is 8.86. The second-order valence-electron chi connectivity index (χ2n) is 6.97. The fourth-order valence-corrected chi connectivity index (χ4v) is 5.15. The van der Waals surface area contributed by atoms with Crippen molar-refractivity contribution in [3.05, 3.63) is 77.9 Å². The van der Waals surface area contributed by atoms with Crippen molar-refractivity contribution in [1.82, 2.24) is 14.3 Å². The number of benzene rings is 1. The van der Waals surface area contributed by atoms with E-state index in [1.54, 1.807) is 19.2 Å². The molecule has 1 aliphatic rings. The van der Waals surface area contributed by atoms with Gasteiger partial charge < -0.3 is 5.32 Å². The van der Waals surface area contributed by atoms with Gasteiger partial charge in [0.15, 0.2) is 0 Å². The van der Waals surface area contributed by atoms with Crippen LogP contribution in [-0.4, -0.2) is 29.2 Å². The zero-order chi connectivity index (χ0) is 20.4. The second kappa shape index (κ2) is 7.88. The Bertz CT molecular complexity index is 1120. The van der Waals surface area contributed by atoms with Crippen LogP contribution in [0.3, 0.4) is 0 Å². The lowest BCUT2D eigenvalue weighted by Gasteiger charge is -2.24. The van der Waals surface area contributed by atoms with Crippen molar-refractivity contribution in [2.45, 2.75) is 30.7 Å². The molecule has 0 aliphatic carbocycles. The third-order valence-electron chi connectivity index (χ3n) is 4.99. The van der Waals surface area contributed by atoms with Crippen LogP contribution in [0, 0.1) is 12.7 Å². The molecule has 29 heavy (non-hydrogen) atoms. The van der Waals surface area contributed by atoms with Gasteiger partial charge in [-0.05, 0) is 61.7 Å². The van der Waals surface area contributed by atoms with E-state index in [9.17, 15) is 12.8 Å². The van der Waals surface area contributed by atoms with Crippen LogP contribution in [0.2, 0.25) is 0 Å². The Morgan fingerprint density at radius 1 is 1.10 bits per heavy atom. The molecule has 2 aromatic heterocycles. The van der Waals surface area contributed by atoms with Crippen molar-refractivity contribution in [3.63, 3.8) is 0 Å². The van der Waals surface area contributed by atoms with Crippen molar-refractivity contribution in [1.29, 1.82) is 0 Å². The van der Waals surface area contributed by atoms with Gasteiger partial charge in [-0.25, -0.2) is 22.8 Å². The van der Waals surface area contributed by atoms with Gasteiger partial charge in [0.25, 0.3) is 0 Å². The van der Waals surface area contributed by atoms with Gasteiger partial charge in [-0.1, -0.05) is 18.2 Å². The zero-order valence-corrected chi connectivity index (χ0v) is 16.7. The number of nitrogens with zero attached hydrogens (tertiary/aromatic N) is 3. The van der Waals surface area contributed by atoms with Gasteiger partial charge in [-0.15, -0.1) is 0 Å². The molecular formula is C21H21FN4O2S. The summed E-state index contributed by atoms with van der Waals surface area (Å²) in [6.07, 6.45) is 3.06. The molecule has 0 saturated carbocycles. The Labute approximate surface area is 169 Å². The van der Waals surface area contributed by atoms with Crippen LogP contribution in [0.25, 0.3) is 0 Å². The van der Waals surface area contributed by atoms with Gasteiger partial charge in [0.05, 0.1) is 16.6 Å². The summed E-state index contributed by atoms with van der Waals surface area (Å²) in [4.78, 5) is 8.79. The van der Waals surface area contributed by atoms with Crippen LogP contribution >= 0.6 is 0 Å². The van der Waals surface area contributed by atoms with Gasteiger partial charge >= 0.3 is 0 Å². The maximum atomic E-state index is 14.0. The van der Waals surface area contributed by atoms with E-state index >= 15 is 0 Å². The Kier molecular flexibility index (Phi) is 5.29. The SMILES string of the molecule is Cc1ccc(S(=O)(=O)N2CCCC2c2cccc(Nc3ccccn3)n2)cc1F. The van der Waals surface area contributed by atoms with E-state index in [2.05, 4.69) is 15.3 Å². The molecule has 4 rings (SSSR count). The van der Waals surface area contributed by atoms with E-state index in [1.165, 1.54) is 16.4 Å². The third-order valence-corrected chi connectivity index (χ3v) is 6.89. The molecule has 0 radical (unpaired) electrons. The first-order valence-electron chi connectivity index (χ1n) is 9.38. The highest BCUT2D eigenvalue weighted by molar-refractivity contribution is 7.89. The van der Waals surface area contributed by atoms with Gasteiger partial charge in [0.1, 0.15) is 17.5 Å². The highest BCUT2D eigenvalue weighted by Gasteiger charge is 2.37. The Balaban J connectivity index is 1.63. The standard InChI is InChI=1S/C21H21FN4O2S/c1-15-10-11-16(14-17(15)22)29(27,28)26-13-5-7-19(26)18-6-4-9-21(24-18)25-20-8-2-3-12-23-20/h2-4,6,8-12,14,19H,5,7,13H2,1H3,(H,23,24,25). The first-order chi connectivity index (χ1) is 13.9. The average molecular weight is 412 g/mol. The molecule has 3 heterocycles. The summed E-state index contributed by atoms with van der Waals surface area (Å²) in [6.45, 7) is 1.98. The number of hydrogen-bond acceptors (Lipinski definition) is 5. The topological polar surface area (TPSA) is 75.2 Å². The predicted molar refractivity (Wildman–Crippen MR) is 109 cm³/mol. The third kappa shape index (κ3) is 3.99. The lowest BCUT2D eigenvalue weighted by atomic mass is 10.1. The summed E-state index contributed by atoms with van der Waals surface area (Å²) >= 11 is 0. The van der Waals surface area contributed by atoms with Gasteiger partial charge in [0, 0.05) is 12.7 Å². The Morgan fingerprint density at radius 2 is 1.93 bits per heavy atom. The molecule has 0 bridgehead atoms. The van der Waals surface area contributed by atoms with Crippen LogP contribution in [0.15, 0.2) is 65.7 Å². The number of pyridine rings is 2. The van der Waals surface area contributed by atoms with Crippen LogP contribution in [0.1, 0.15) is 30.1 Å². The summed E-state index contributed by atoms with van der Waals surface area (Å²) in [5.41, 5.74) is 1.07. The van der Waals surface area contributed by atoms with E-state index < -0.39 is 21.9 Å². The first-order valence-corrected chi connectivity index (χ1v) is 10.8. The molecule has 0 amide bonds. The van der Waals surface area contributed by atoms with Gasteiger partial charge in [0.2, 0.25) is 10.0 Å².